The zero-order chi connectivity index (χ0) is 12.3. The molecule has 1 atom stereocenters. The lowest BCUT2D eigenvalue weighted by Crippen LogP contribution is -2.13. The number of rotatable bonds is 3. The van der Waals surface area contributed by atoms with Gasteiger partial charge in [0.1, 0.15) is 11.9 Å². The van der Waals surface area contributed by atoms with Crippen molar-refractivity contribution in [3.63, 3.8) is 0 Å². The Bertz CT molecular complexity index is 475. The average Bonchev–Trinajstić information content (AvgIpc) is 2.85. The first-order valence-electron chi connectivity index (χ1n) is 5.77. The highest BCUT2D eigenvalue weighted by molar-refractivity contribution is 7.84. The molecule has 1 fully saturated rings. The highest BCUT2D eigenvalue weighted by atomic mass is 32.2. The van der Waals surface area contributed by atoms with Crippen molar-refractivity contribution in [2.45, 2.75) is 36.7 Å². The van der Waals surface area contributed by atoms with Gasteiger partial charge in [0.2, 0.25) is 0 Å². The number of nitriles is 1. The molecule has 0 heterocycles. The van der Waals surface area contributed by atoms with Crippen LogP contribution in [0.3, 0.4) is 0 Å². The van der Waals surface area contributed by atoms with E-state index in [2.05, 4.69) is 0 Å². The largest absolute Gasteiger partial charge is 0.259 e. The van der Waals surface area contributed by atoms with Gasteiger partial charge in [-0.2, -0.15) is 5.26 Å². The molecule has 0 bridgehead atoms. The molecule has 0 aromatic heterocycles. The smallest absolute Gasteiger partial charge is 0.145 e. The third kappa shape index (κ3) is 2.73. The summed E-state index contributed by atoms with van der Waals surface area (Å²) in [4.78, 5) is 0. The number of hydrogen-bond donors (Lipinski definition) is 0. The maximum Gasteiger partial charge on any atom is 0.145 e. The summed E-state index contributed by atoms with van der Waals surface area (Å²) in [6.45, 7) is 0. The fraction of sp³-hybridized carbons (Fsp3) is 0.462. The summed E-state index contributed by atoms with van der Waals surface area (Å²) in [6.07, 6.45) is 4.20. The lowest BCUT2D eigenvalue weighted by molar-refractivity contribution is 0.610. The number of halogens is 1. The number of benzene rings is 1. The molecule has 2 nitrogen and oxygen atoms in total. The number of hydrogen-bond acceptors (Lipinski definition) is 2. The Morgan fingerprint density at radius 1 is 1.41 bits per heavy atom. The molecule has 0 saturated heterocycles. The quantitative estimate of drug-likeness (QED) is 0.828. The van der Waals surface area contributed by atoms with Crippen LogP contribution in [-0.2, 0) is 16.6 Å². The van der Waals surface area contributed by atoms with E-state index in [1.807, 2.05) is 0 Å². The normalized spacial score (nSPS) is 17.9. The average molecular weight is 251 g/mol. The third-order valence-electron chi connectivity index (χ3n) is 3.17. The molecule has 1 saturated carbocycles. The fourth-order valence-corrected chi connectivity index (χ4v) is 3.82. The maximum atomic E-state index is 13.8. The maximum absolute atomic E-state index is 13.8. The predicted molar refractivity (Wildman–Crippen MR) is 65.2 cm³/mol. The van der Waals surface area contributed by atoms with Crippen molar-refractivity contribution in [3.8, 4) is 6.07 Å². The standard InChI is InChI=1S/C13H14FNOS/c14-13-10(8-15)4-3-5-11(13)9-17(16)12-6-1-2-7-12/h3-5,12H,1-2,6-7,9H2. The first kappa shape index (κ1) is 12.3. The molecule has 0 radical (unpaired) electrons. The second-order valence-corrected chi connectivity index (χ2v) is 6.04. The van der Waals surface area contributed by atoms with E-state index in [-0.39, 0.29) is 16.6 Å². The van der Waals surface area contributed by atoms with E-state index < -0.39 is 16.6 Å². The first-order valence-corrected chi connectivity index (χ1v) is 7.15. The van der Waals surface area contributed by atoms with Gasteiger partial charge in [-0.05, 0) is 18.9 Å². The molecule has 0 aliphatic heterocycles. The van der Waals surface area contributed by atoms with E-state index in [4.69, 9.17) is 5.26 Å². The minimum Gasteiger partial charge on any atom is -0.259 e. The molecule has 2 rings (SSSR count). The summed E-state index contributed by atoms with van der Waals surface area (Å²) in [5, 5.41) is 8.93. The first-order chi connectivity index (χ1) is 8.22. The Morgan fingerprint density at radius 3 is 2.76 bits per heavy atom. The molecule has 0 spiro atoms. The van der Waals surface area contributed by atoms with E-state index in [0.717, 1.165) is 25.7 Å². The van der Waals surface area contributed by atoms with Gasteiger partial charge in [0.25, 0.3) is 0 Å². The van der Waals surface area contributed by atoms with Crippen LogP contribution in [0.2, 0.25) is 0 Å². The summed E-state index contributed by atoms with van der Waals surface area (Å²) >= 11 is 0. The lowest BCUT2D eigenvalue weighted by Gasteiger charge is -2.10. The second-order valence-electron chi connectivity index (χ2n) is 4.32. The molecule has 1 unspecified atom stereocenters. The molecule has 1 aromatic carbocycles. The highest BCUT2D eigenvalue weighted by Gasteiger charge is 2.22. The summed E-state index contributed by atoms with van der Waals surface area (Å²) in [7, 11) is -1.02. The van der Waals surface area contributed by atoms with Crippen LogP contribution in [-0.4, -0.2) is 9.46 Å². The SMILES string of the molecule is N#Cc1cccc(CS(=O)C2CCCC2)c1F. The van der Waals surface area contributed by atoms with Crippen molar-refractivity contribution in [2.24, 2.45) is 0 Å². The van der Waals surface area contributed by atoms with Crippen molar-refractivity contribution in [3.05, 3.63) is 35.1 Å². The van der Waals surface area contributed by atoms with Crippen LogP contribution in [0.1, 0.15) is 36.8 Å². The summed E-state index contributed by atoms with van der Waals surface area (Å²) in [6, 6.07) is 6.50. The van der Waals surface area contributed by atoms with Crippen molar-refractivity contribution in [1.29, 1.82) is 5.26 Å². The fourth-order valence-electron chi connectivity index (χ4n) is 2.20. The zero-order valence-corrected chi connectivity index (χ0v) is 10.3. The van der Waals surface area contributed by atoms with Crippen molar-refractivity contribution in [1.82, 2.24) is 0 Å². The van der Waals surface area contributed by atoms with Gasteiger partial charge >= 0.3 is 0 Å². The van der Waals surface area contributed by atoms with Gasteiger partial charge in [-0.15, -0.1) is 0 Å². The van der Waals surface area contributed by atoms with E-state index in [0.29, 0.717) is 5.56 Å². The minimum atomic E-state index is -1.02. The Morgan fingerprint density at radius 2 is 2.12 bits per heavy atom. The minimum absolute atomic E-state index is 0.0333. The third-order valence-corrected chi connectivity index (χ3v) is 4.98. The van der Waals surface area contributed by atoms with Crippen LogP contribution in [0, 0.1) is 17.1 Å². The van der Waals surface area contributed by atoms with Crippen LogP contribution in [0.4, 0.5) is 4.39 Å². The molecule has 1 aliphatic rings. The van der Waals surface area contributed by atoms with Gasteiger partial charge in [-0.1, -0.05) is 25.0 Å². The van der Waals surface area contributed by atoms with E-state index in [1.165, 1.54) is 6.07 Å². The topological polar surface area (TPSA) is 40.9 Å². The van der Waals surface area contributed by atoms with E-state index in [9.17, 15) is 8.60 Å². The lowest BCUT2D eigenvalue weighted by atomic mass is 10.1. The Hall–Kier alpha value is -1.21. The van der Waals surface area contributed by atoms with Crippen LogP contribution in [0.15, 0.2) is 18.2 Å². The molecule has 1 aliphatic carbocycles. The number of nitrogens with zero attached hydrogens (tertiary/aromatic N) is 1. The predicted octanol–water partition coefficient (Wildman–Crippen LogP) is 2.89. The van der Waals surface area contributed by atoms with Gasteiger partial charge in [0.05, 0.1) is 11.3 Å². The Balaban J connectivity index is 2.13. The monoisotopic (exact) mass is 251 g/mol. The van der Waals surface area contributed by atoms with Gasteiger partial charge in [-0.3, -0.25) is 4.21 Å². The molecule has 0 N–H and O–H groups in total. The van der Waals surface area contributed by atoms with Crippen LogP contribution in [0.5, 0.6) is 0 Å². The van der Waals surface area contributed by atoms with Crippen molar-refractivity contribution in [2.75, 3.05) is 0 Å². The molecule has 90 valence electrons. The van der Waals surface area contributed by atoms with Gasteiger partial charge in [0.15, 0.2) is 0 Å². The Labute approximate surface area is 103 Å². The van der Waals surface area contributed by atoms with Crippen LogP contribution < -0.4 is 0 Å². The molecular formula is C13H14FNOS. The van der Waals surface area contributed by atoms with E-state index in [1.54, 1.807) is 18.2 Å². The van der Waals surface area contributed by atoms with Gasteiger partial charge < -0.3 is 0 Å². The van der Waals surface area contributed by atoms with Crippen LogP contribution in [0.25, 0.3) is 0 Å². The summed E-state index contributed by atoms with van der Waals surface area (Å²) in [5.74, 6) is -0.284. The summed E-state index contributed by atoms with van der Waals surface area (Å²) < 4.78 is 25.8. The highest BCUT2D eigenvalue weighted by Crippen LogP contribution is 2.25. The Kier molecular flexibility index (Phi) is 3.90. The molecular weight excluding hydrogens is 237 g/mol. The van der Waals surface area contributed by atoms with Gasteiger partial charge in [0, 0.05) is 21.6 Å². The van der Waals surface area contributed by atoms with E-state index >= 15 is 0 Å². The van der Waals surface area contributed by atoms with Crippen LogP contribution >= 0.6 is 0 Å². The van der Waals surface area contributed by atoms with Crippen molar-refractivity contribution < 1.29 is 8.60 Å². The van der Waals surface area contributed by atoms with Crippen molar-refractivity contribution >= 4 is 10.8 Å². The molecule has 4 heteroatoms. The zero-order valence-electron chi connectivity index (χ0n) is 9.49. The molecule has 17 heavy (non-hydrogen) atoms. The van der Waals surface area contributed by atoms with Gasteiger partial charge in [-0.25, -0.2) is 4.39 Å². The summed E-state index contributed by atoms with van der Waals surface area (Å²) in [5.41, 5.74) is 0.431. The molecule has 0 amide bonds. The second kappa shape index (κ2) is 5.42. The molecule has 1 aromatic rings.